The molecule has 0 saturated heterocycles. The summed E-state index contributed by atoms with van der Waals surface area (Å²) >= 11 is 0. The zero-order valence-electron chi connectivity index (χ0n) is 11.8. The molecule has 0 aliphatic rings. The van der Waals surface area contributed by atoms with E-state index in [0.29, 0.717) is 6.54 Å². The molecule has 0 aromatic rings. The van der Waals surface area contributed by atoms with Crippen LogP contribution < -0.4 is 0 Å². The van der Waals surface area contributed by atoms with Gasteiger partial charge in [-0.2, -0.15) is 0 Å². The number of nitrogens with zero attached hydrogens (tertiary/aromatic N) is 2. The summed E-state index contributed by atoms with van der Waals surface area (Å²) in [5.41, 5.74) is 0. The molecule has 4 nitrogen and oxygen atoms in total. The Balaban J connectivity index is 3.99. The van der Waals surface area contributed by atoms with Gasteiger partial charge in [-0.3, -0.25) is 4.79 Å². The molecule has 0 aliphatic carbocycles. The molecule has 17 heavy (non-hydrogen) atoms. The zero-order chi connectivity index (χ0) is 13.3. The number of carboxylic acids is 1. The maximum Gasteiger partial charge on any atom is 0.307 e. The van der Waals surface area contributed by atoms with E-state index in [1.165, 1.54) is 0 Å². The van der Waals surface area contributed by atoms with E-state index in [1.807, 2.05) is 0 Å². The van der Waals surface area contributed by atoms with Crippen LogP contribution in [0.3, 0.4) is 0 Å². The number of rotatable bonds is 10. The minimum Gasteiger partial charge on any atom is -0.481 e. The Hall–Kier alpha value is -0.610. The molecule has 0 amide bonds. The molecule has 1 unspecified atom stereocenters. The normalized spacial score (nSPS) is 13.3. The van der Waals surface area contributed by atoms with Gasteiger partial charge in [0.2, 0.25) is 0 Å². The summed E-state index contributed by atoms with van der Waals surface area (Å²) < 4.78 is 0. The van der Waals surface area contributed by atoms with Gasteiger partial charge in [-0.15, -0.1) is 0 Å². The van der Waals surface area contributed by atoms with Crippen LogP contribution in [-0.2, 0) is 4.79 Å². The lowest BCUT2D eigenvalue weighted by Crippen LogP contribution is -2.34. The summed E-state index contributed by atoms with van der Waals surface area (Å²) in [5, 5.41) is 8.94. The predicted molar refractivity (Wildman–Crippen MR) is 71.3 cm³/mol. The lowest BCUT2D eigenvalue weighted by atomic mass is 10.1. The van der Waals surface area contributed by atoms with E-state index in [0.717, 1.165) is 38.9 Å². The fourth-order valence-electron chi connectivity index (χ4n) is 1.75. The van der Waals surface area contributed by atoms with Crippen molar-refractivity contribution in [2.75, 3.05) is 40.3 Å². The van der Waals surface area contributed by atoms with Crippen molar-refractivity contribution in [1.82, 2.24) is 9.80 Å². The van der Waals surface area contributed by atoms with Gasteiger partial charge >= 0.3 is 5.97 Å². The van der Waals surface area contributed by atoms with Gasteiger partial charge in [0.25, 0.3) is 0 Å². The minimum absolute atomic E-state index is 0.272. The van der Waals surface area contributed by atoms with Gasteiger partial charge in [-0.05, 0) is 46.6 Å². The molecule has 0 rings (SSSR count). The van der Waals surface area contributed by atoms with Crippen LogP contribution in [0.5, 0.6) is 0 Å². The van der Waals surface area contributed by atoms with Crippen LogP contribution in [-0.4, -0.2) is 61.2 Å². The molecule has 0 spiro atoms. The molecule has 0 aromatic heterocycles. The quantitative estimate of drug-likeness (QED) is 0.636. The molecule has 0 aliphatic heterocycles. The molecule has 1 atom stereocenters. The molecule has 102 valence electrons. The van der Waals surface area contributed by atoms with E-state index in [2.05, 4.69) is 30.8 Å². The van der Waals surface area contributed by atoms with Crippen LogP contribution in [0.25, 0.3) is 0 Å². The third-order valence-corrected chi connectivity index (χ3v) is 2.86. The number of hydrogen-bond acceptors (Lipinski definition) is 3. The lowest BCUT2D eigenvalue weighted by molar-refractivity contribution is -0.141. The molecule has 0 bridgehead atoms. The van der Waals surface area contributed by atoms with E-state index in [9.17, 15) is 4.79 Å². The highest BCUT2D eigenvalue weighted by Gasteiger charge is 2.15. The largest absolute Gasteiger partial charge is 0.481 e. The van der Waals surface area contributed by atoms with E-state index < -0.39 is 5.97 Å². The maximum absolute atomic E-state index is 10.9. The van der Waals surface area contributed by atoms with Gasteiger partial charge in [-0.1, -0.05) is 20.3 Å². The number of carboxylic acid groups (broad SMARTS) is 1. The van der Waals surface area contributed by atoms with E-state index in [4.69, 9.17) is 5.11 Å². The van der Waals surface area contributed by atoms with E-state index >= 15 is 0 Å². The summed E-state index contributed by atoms with van der Waals surface area (Å²) in [5.74, 6) is -0.967. The van der Waals surface area contributed by atoms with Gasteiger partial charge in [0, 0.05) is 6.54 Å². The molecular formula is C13H28N2O2. The molecule has 4 heteroatoms. The maximum atomic E-state index is 10.9. The summed E-state index contributed by atoms with van der Waals surface area (Å²) in [6.07, 6.45) is 3.41. The van der Waals surface area contributed by atoms with Crippen LogP contribution in [0.2, 0.25) is 0 Å². The average molecular weight is 244 g/mol. The van der Waals surface area contributed by atoms with Crippen molar-refractivity contribution in [3.8, 4) is 0 Å². The van der Waals surface area contributed by atoms with Crippen LogP contribution in [0.1, 0.15) is 33.1 Å². The van der Waals surface area contributed by atoms with Gasteiger partial charge in [0.15, 0.2) is 0 Å². The Bertz CT molecular complexity index is 208. The molecule has 0 saturated carbocycles. The Morgan fingerprint density at radius 3 is 2.24 bits per heavy atom. The SMILES string of the molecule is CCCCN(CCCN(C)C)CC(C)C(=O)O. The van der Waals surface area contributed by atoms with Crippen LogP contribution in [0.4, 0.5) is 0 Å². The Morgan fingerprint density at radius 1 is 1.18 bits per heavy atom. The first-order valence-corrected chi connectivity index (χ1v) is 6.57. The lowest BCUT2D eigenvalue weighted by Gasteiger charge is -2.24. The Kier molecular flexibility index (Phi) is 9.09. The van der Waals surface area contributed by atoms with Crippen molar-refractivity contribution in [3.05, 3.63) is 0 Å². The Labute approximate surface area is 106 Å². The van der Waals surface area contributed by atoms with Crippen molar-refractivity contribution in [2.45, 2.75) is 33.1 Å². The third-order valence-electron chi connectivity index (χ3n) is 2.86. The second kappa shape index (κ2) is 9.42. The minimum atomic E-state index is -0.695. The summed E-state index contributed by atoms with van der Waals surface area (Å²) in [4.78, 5) is 15.3. The summed E-state index contributed by atoms with van der Waals surface area (Å²) in [6.45, 7) is 7.69. The van der Waals surface area contributed by atoms with Crippen molar-refractivity contribution in [3.63, 3.8) is 0 Å². The first-order valence-electron chi connectivity index (χ1n) is 6.57. The molecule has 1 N–H and O–H groups in total. The molecular weight excluding hydrogens is 216 g/mol. The van der Waals surface area contributed by atoms with Crippen molar-refractivity contribution < 1.29 is 9.90 Å². The Morgan fingerprint density at radius 2 is 1.76 bits per heavy atom. The molecule has 0 radical (unpaired) electrons. The second-order valence-corrected chi connectivity index (χ2v) is 5.05. The third kappa shape index (κ3) is 9.12. The number of aliphatic carboxylic acids is 1. The van der Waals surface area contributed by atoms with E-state index in [-0.39, 0.29) is 5.92 Å². The fourth-order valence-corrected chi connectivity index (χ4v) is 1.75. The fraction of sp³-hybridized carbons (Fsp3) is 0.923. The molecule has 0 aromatic carbocycles. The highest BCUT2D eigenvalue weighted by atomic mass is 16.4. The van der Waals surface area contributed by atoms with Crippen molar-refractivity contribution in [1.29, 1.82) is 0 Å². The summed E-state index contributed by atoms with van der Waals surface area (Å²) in [7, 11) is 4.13. The van der Waals surface area contributed by atoms with Gasteiger partial charge < -0.3 is 14.9 Å². The monoisotopic (exact) mass is 244 g/mol. The summed E-state index contributed by atoms with van der Waals surface area (Å²) in [6, 6.07) is 0. The highest BCUT2D eigenvalue weighted by Crippen LogP contribution is 2.04. The standard InChI is InChI=1S/C13H28N2O2/c1-5-6-9-15(10-7-8-14(3)4)11-12(2)13(16)17/h12H,5-11H2,1-4H3,(H,16,17). The smallest absolute Gasteiger partial charge is 0.307 e. The van der Waals surface area contributed by atoms with Crippen LogP contribution >= 0.6 is 0 Å². The number of unbranched alkanes of at least 4 members (excludes halogenated alkanes) is 1. The van der Waals surface area contributed by atoms with Crippen molar-refractivity contribution >= 4 is 5.97 Å². The first-order chi connectivity index (χ1) is 7.97. The number of hydrogen-bond donors (Lipinski definition) is 1. The first kappa shape index (κ1) is 16.4. The van der Waals surface area contributed by atoms with Gasteiger partial charge in [0.05, 0.1) is 5.92 Å². The van der Waals surface area contributed by atoms with Crippen molar-refractivity contribution in [2.24, 2.45) is 5.92 Å². The van der Waals surface area contributed by atoms with Crippen LogP contribution in [0, 0.1) is 5.92 Å². The highest BCUT2D eigenvalue weighted by molar-refractivity contribution is 5.69. The van der Waals surface area contributed by atoms with Gasteiger partial charge in [-0.25, -0.2) is 0 Å². The number of carbonyl (C=O) groups is 1. The van der Waals surface area contributed by atoms with E-state index in [1.54, 1.807) is 6.92 Å². The van der Waals surface area contributed by atoms with Gasteiger partial charge in [0.1, 0.15) is 0 Å². The molecule has 0 heterocycles. The topological polar surface area (TPSA) is 43.8 Å². The predicted octanol–water partition coefficient (Wildman–Crippen LogP) is 1.76. The van der Waals surface area contributed by atoms with Crippen LogP contribution in [0.15, 0.2) is 0 Å². The zero-order valence-corrected chi connectivity index (χ0v) is 11.8. The average Bonchev–Trinajstić information content (AvgIpc) is 2.24. The molecule has 0 fully saturated rings. The second-order valence-electron chi connectivity index (χ2n) is 5.05.